The molecule has 2 N–H and O–H groups in total. The molecule has 54 heavy (non-hydrogen) atoms. The zero-order chi connectivity index (χ0) is 39.8. The number of ketones is 2. The van der Waals surface area contributed by atoms with Gasteiger partial charge < -0.3 is 10.4 Å². The third kappa shape index (κ3) is 8.49. The number of halogens is 7. The van der Waals surface area contributed by atoms with Crippen LogP contribution in [-0.4, -0.2) is 50.8 Å². The number of hydrogen-bond acceptors (Lipinski definition) is 6. The Labute approximate surface area is 314 Å². The second kappa shape index (κ2) is 15.9. The van der Waals surface area contributed by atoms with Crippen molar-refractivity contribution in [1.29, 1.82) is 0 Å². The highest BCUT2D eigenvalue weighted by molar-refractivity contribution is 8.14. The predicted octanol–water partition coefficient (Wildman–Crippen LogP) is 9.08. The number of carbonyl (C=O) groups excluding carboxylic acids is 3. The molecule has 0 fully saturated rings. The molecule has 0 bridgehead atoms. The van der Waals surface area contributed by atoms with Gasteiger partial charge in [0.25, 0.3) is 5.72 Å². The minimum absolute atomic E-state index is 0.0154. The van der Waals surface area contributed by atoms with Crippen LogP contribution in [0.3, 0.4) is 0 Å². The van der Waals surface area contributed by atoms with E-state index < -0.39 is 70.1 Å². The SMILES string of the molecule is CC[C@H](C)[C@H](CC(=O)Cc1ccccc1F)C(=O)N[C@]1(C(=O)C[C@H](C2=NC(O)(C(F)(F)F)CS2)[C@@H](C)CC)CCC2=C(C1)c1cccc(C(F)(F)F)c1C2. The lowest BCUT2D eigenvalue weighted by Gasteiger charge is -2.40. The first-order chi connectivity index (χ1) is 25.2. The van der Waals surface area contributed by atoms with E-state index >= 15 is 0 Å². The van der Waals surface area contributed by atoms with Gasteiger partial charge in [0.15, 0.2) is 5.78 Å². The number of benzene rings is 2. The second-order valence-electron chi connectivity index (χ2n) is 15.0. The molecule has 2 aromatic carbocycles. The van der Waals surface area contributed by atoms with Crippen LogP contribution in [0, 0.1) is 29.5 Å². The molecule has 2 aromatic rings. The largest absolute Gasteiger partial charge is 0.439 e. The van der Waals surface area contributed by atoms with Crippen LogP contribution < -0.4 is 5.32 Å². The minimum Gasteiger partial charge on any atom is -0.361 e. The molecule has 1 unspecified atom stereocenters. The Bertz CT molecular complexity index is 1840. The zero-order valence-electron chi connectivity index (χ0n) is 30.6. The Morgan fingerprint density at radius 2 is 1.65 bits per heavy atom. The van der Waals surface area contributed by atoms with E-state index in [0.29, 0.717) is 29.6 Å². The van der Waals surface area contributed by atoms with Crippen molar-refractivity contribution in [3.8, 4) is 0 Å². The molecule has 0 aromatic heterocycles. The van der Waals surface area contributed by atoms with Gasteiger partial charge in [-0.2, -0.15) is 26.3 Å². The molecule has 0 saturated heterocycles. The number of aliphatic imine (C=N–C) groups is 1. The molecule has 6 atom stereocenters. The lowest BCUT2D eigenvalue weighted by molar-refractivity contribution is -0.245. The standard InChI is InChI=1S/C40H45F7N2O4S/c1-5-22(3)28(18-26(50)16-25-10-7-8-13-33(25)41)35(52)48-37(15-14-24-17-30-27(31(24)20-37)11-9-12-32(30)39(42,43)44)34(51)19-29(23(4)6-2)36-49-38(53,21-54-36)40(45,46)47/h7-13,22-23,28-29,53H,5-6,14-21H2,1-4H3,(H,48,52)/t22-,23-,28-,29-,37+,38?/m0/s1. The van der Waals surface area contributed by atoms with E-state index in [9.17, 15) is 50.2 Å². The summed E-state index contributed by atoms with van der Waals surface area (Å²) in [5.41, 5.74) is -3.99. The van der Waals surface area contributed by atoms with Crippen LogP contribution in [0.4, 0.5) is 30.7 Å². The molecule has 14 heteroatoms. The first-order valence-corrected chi connectivity index (χ1v) is 19.2. The van der Waals surface area contributed by atoms with Crippen LogP contribution in [0.5, 0.6) is 0 Å². The maximum absolute atomic E-state index is 14.8. The monoisotopic (exact) mass is 782 g/mol. The zero-order valence-corrected chi connectivity index (χ0v) is 31.4. The van der Waals surface area contributed by atoms with Crippen molar-refractivity contribution in [3.63, 3.8) is 0 Å². The molecular formula is C40H45F7N2O4S. The number of amides is 1. The van der Waals surface area contributed by atoms with E-state index in [1.54, 1.807) is 32.9 Å². The number of nitrogens with zero attached hydrogens (tertiary/aromatic N) is 1. The maximum atomic E-state index is 14.8. The van der Waals surface area contributed by atoms with Gasteiger partial charge in [-0.15, -0.1) is 11.8 Å². The number of nitrogens with one attached hydrogen (secondary N) is 1. The average molecular weight is 783 g/mol. The molecule has 6 nitrogen and oxygen atoms in total. The molecule has 294 valence electrons. The highest BCUT2D eigenvalue weighted by Gasteiger charge is 2.58. The van der Waals surface area contributed by atoms with E-state index in [1.165, 1.54) is 24.3 Å². The first-order valence-electron chi connectivity index (χ1n) is 18.3. The molecule has 1 heterocycles. The molecule has 2 aliphatic carbocycles. The fraction of sp³-hybridized carbons (Fsp3) is 0.550. The number of fused-ring (bicyclic) bond motifs is 2. The van der Waals surface area contributed by atoms with Crippen molar-refractivity contribution >= 4 is 39.9 Å². The third-order valence-corrected chi connectivity index (χ3v) is 12.8. The van der Waals surface area contributed by atoms with Gasteiger partial charge in [0.05, 0.1) is 16.4 Å². The molecule has 1 amide bonds. The van der Waals surface area contributed by atoms with Gasteiger partial charge in [0, 0.05) is 37.5 Å². The number of alkyl halides is 6. The van der Waals surface area contributed by atoms with Gasteiger partial charge in [0.1, 0.15) is 17.1 Å². The topological polar surface area (TPSA) is 95.8 Å². The van der Waals surface area contributed by atoms with Crippen LogP contribution in [0.25, 0.3) is 5.57 Å². The van der Waals surface area contributed by atoms with Gasteiger partial charge in [-0.05, 0) is 65.5 Å². The summed E-state index contributed by atoms with van der Waals surface area (Å²) in [7, 11) is 0. The maximum Gasteiger partial charge on any atom is 0.439 e. The normalized spacial score (nSPS) is 23.6. The summed E-state index contributed by atoms with van der Waals surface area (Å²) < 4.78 is 98.0. The number of rotatable bonds is 14. The Hall–Kier alpha value is -3.52. The van der Waals surface area contributed by atoms with E-state index in [2.05, 4.69) is 10.3 Å². The second-order valence-corrected chi connectivity index (χ2v) is 16.0. The summed E-state index contributed by atoms with van der Waals surface area (Å²) in [4.78, 5) is 46.2. The molecule has 0 spiro atoms. The smallest absolute Gasteiger partial charge is 0.361 e. The highest BCUT2D eigenvalue weighted by atomic mass is 32.2. The molecule has 3 aliphatic rings. The van der Waals surface area contributed by atoms with Crippen molar-refractivity contribution in [2.75, 3.05) is 5.75 Å². The average Bonchev–Trinajstić information content (AvgIpc) is 3.70. The molecule has 0 saturated carbocycles. The van der Waals surface area contributed by atoms with E-state index in [-0.39, 0.29) is 73.0 Å². The summed E-state index contributed by atoms with van der Waals surface area (Å²) >= 11 is 0.720. The molecule has 0 radical (unpaired) electrons. The van der Waals surface area contributed by atoms with Crippen molar-refractivity contribution in [2.45, 2.75) is 109 Å². The lowest BCUT2D eigenvalue weighted by Crippen LogP contribution is -2.58. The summed E-state index contributed by atoms with van der Waals surface area (Å²) in [6, 6.07) is 9.66. The Balaban J connectivity index is 1.52. The fourth-order valence-corrected chi connectivity index (χ4v) is 9.09. The number of carbonyl (C=O) groups is 3. The number of allylic oxidation sites excluding steroid dienone is 1. The van der Waals surface area contributed by atoms with Crippen LogP contribution >= 0.6 is 11.8 Å². The summed E-state index contributed by atoms with van der Waals surface area (Å²) in [6.45, 7) is 7.16. The van der Waals surface area contributed by atoms with Crippen molar-refractivity contribution < 1.29 is 50.2 Å². The van der Waals surface area contributed by atoms with Gasteiger partial charge in [-0.1, -0.05) is 76.4 Å². The van der Waals surface area contributed by atoms with Gasteiger partial charge in [-0.25, -0.2) is 9.38 Å². The Morgan fingerprint density at radius 1 is 0.963 bits per heavy atom. The summed E-state index contributed by atoms with van der Waals surface area (Å²) in [5, 5.41) is 13.3. The third-order valence-electron chi connectivity index (χ3n) is 11.5. The molecule has 1 aliphatic heterocycles. The highest BCUT2D eigenvalue weighted by Crippen LogP contribution is 2.50. The lowest BCUT2D eigenvalue weighted by atomic mass is 9.71. The number of hydrogen-bond donors (Lipinski definition) is 2. The summed E-state index contributed by atoms with van der Waals surface area (Å²) in [6.07, 6.45) is -9.56. The quantitative estimate of drug-likeness (QED) is 0.187. The molecule has 5 rings (SSSR count). The first kappa shape index (κ1) is 41.6. The van der Waals surface area contributed by atoms with E-state index in [1.807, 2.05) is 6.92 Å². The van der Waals surface area contributed by atoms with Crippen LogP contribution in [0.2, 0.25) is 0 Å². The Morgan fingerprint density at radius 3 is 2.26 bits per heavy atom. The minimum atomic E-state index is -5.05. The summed E-state index contributed by atoms with van der Waals surface area (Å²) in [5.74, 6) is -5.41. The van der Waals surface area contributed by atoms with Crippen LogP contribution in [-0.2, 0) is 33.4 Å². The van der Waals surface area contributed by atoms with Crippen LogP contribution in [0.1, 0.15) is 94.9 Å². The van der Waals surface area contributed by atoms with E-state index in [4.69, 9.17) is 0 Å². The van der Waals surface area contributed by atoms with E-state index in [0.717, 1.165) is 17.8 Å². The number of thioether (sulfide) groups is 1. The van der Waals surface area contributed by atoms with Gasteiger partial charge in [-0.3, -0.25) is 14.4 Å². The van der Waals surface area contributed by atoms with Crippen molar-refractivity contribution in [3.05, 3.63) is 76.1 Å². The van der Waals surface area contributed by atoms with Gasteiger partial charge >= 0.3 is 12.4 Å². The molecular weight excluding hydrogens is 738 g/mol. The predicted molar refractivity (Wildman–Crippen MR) is 193 cm³/mol. The number of aliphatic hydroxyl groups is 1. The van der Waals surface area contributed by atoms with Gasteiger partial charge in [0.2, 0.25) is 5.91 Å². The van der Waals surface area contributed by atoms with Crippen LogP contribution in [0.15, 0.2) is 53.0 Å². The Kier molecular flexibility index (Phi) is 12.3. The van der Waals surface area contributed by atoms with Crippen molar-refractivity contribution in [1.82, 2.24) is 5.32 Å². The van der Waals surface area contributed by atoms with Crippen molar-refractivity contribution in [2.24, 2.45) is 28.7 Å². The fourth-order valence-electron chi connectivity index (χ4n) is 7.77. The number of Topliss-reactive ketones (excluding diaryl/α,β-unsaturated/α-hetero) is 2.